The molecule has 1 aliphatic rings. The predicted octanol–water partition coefficient (Wildman–Crippen LogP) is 4.42. The van der Waals surface area contributed by atoms with Crippen molar-refractivity contribution < 1.29 is 22.7 Å². The molecule has 0 saturated heterocycles. The summed E-state index contributed by atoms with van der Waals surface area (Å²) in [6.45, 7) is 5.96. The molecule has 184 valence electrons. The second-order valence-electron chi connectivity index (χ2n) is 8.48. The highest BCUT2D eigenvalue weighted by Gasteiger charge is 2.37. The number of anilines is 1. The number of carbonyl (C=O) groups excluding carboxylic acids is 1. The van der Waals surface area contributed by atoms with Crippen molar-refractivity contribution in [3.63, 3.8) is 0 Å². The van der Waals surface area contributed by atoms with Crippen molar-refractivity contribution >= 4 is 33.2 Å². The van der Waals surface area contributed by atoms with Crippen LogP contribution in [-0.2, 0) is 14.8 Å². The van der Waals surface area contributed by atoms with E-state index in [9.17, 15) is 13.2 Å². The first-order valence-corrected chi connectivity index (χ1v) is 13.0. The van der Waals surface area contributed by atoms with E-state index >= 15 is 0 Å². The SMILES string of the molecule is Cc1ccc(S(=O)(=O)N2C[C@@H](C(=O)NCCOc3ccc(C)c(Cl)c3)Oc3cc(C)ccc32)cc1. The zero-order valence-electron chi connectivity index (χ0n) is 19.7. The van der Waals surface area contributed by atoms with Gasteiger partial charge in [0, 0.05) is 5.02 Å². The Hall–Kier alpha value is -3.23. The number of rotatable bonds is 7. The molecule has 0 aliphatic carbocycles. The lowest BCUT2D eigenvalue weighted by Gasteiger charge is -2.35. The molecule has 0 spiro atoms. The average molecular weight is 515 g/mol. The van der Waals surface area contributed by atoms with Gasteiger partial charge in [0.05, 0.1) is 23.7 Å². The molecule has 1 aliphatic heterocycles. The van der Waals surface area contributed by atoms with Gasteiger partial charge in [-0.3, -0.25) is 9.10 Å². The third-order valence-electron chi connectivity index (χ3n) is 5.70. The minimum atomic E-state index is -3.90. The minimum Gasteiger partial charge on any atom is -0.492 e. The fourth-order valence-corrected chi connectivity index (χ4v) is 5.33. The van der Waals surface area contributed by atoms with Gasteiger partial charge < -0.3 is 14.8 Å². The van der Waals surface area contributed by atoms with Crippen LogP contribution >= 0.6 is 11.6 Å². The zero-order chi connectivity index (χ0) is 25.2. The first-order valence-electron chi connectivity index (χ1n) is 11.2. The number of nitrogens with zero attached hydrogens (tertiary/aromatic N) is 1. The number of ether oxygens (including phenoxy) is 2. The Labute approximate surface area is 210 Å². The zero-order valence-corrected chi connectivity index (χ0v) is 21.3. The van der Waals surface area contributed by atoms with Crippen LogP contribution in [-0.4, -0.2) is 40.1 Å². The highest BCUT2D eigenvalue weighted by molar-refractivity contribution is 7.92. The van der Waals surface area contributed by atoms with Gasteiger partial charge in [-0.25, -0.2) is 8.42 Å². The summed E-state index contributed by atoms with van der Waals surface area (Å²) in [5.74, 6) is 0.521. The van der Waals surface area contributed by atoms with E-state index < -0.39 is 22.0 Å². The van der Waals surface area contributed by atoms with Crippen LogP contribution in [0.15, 0.2) is 65.6 Å². The second kappa shape index (κ2) is 10.2. The first-order chi connectivity index (χ1) is 16.6. The van der Waals surface area contributed by atoms with Gasteiger partial charge in [-0.1, -0.05) is 41.4 Å². The van der Waals surface area contributed by atoms with Crippen molar-refractivity contribution in [3.8, 4) is 11.5 Å². The normalized spacial score (nSPS) is 15.2. The van der Waals surface area contributed by atoms with Crippen LogP contribution < -0.4 is 19.1 Å². The Morgan fingerprint density at radius 1 is 1.06 bits per heavy atom. The summed E-state index contributed by atoms with van der Waals surface area (Å²) in [5, 5.41) is 3.37. The lowest BCUT2D eigenvalue weighted by atomic mass is 10.1. The summed E-state index contributed by atoms with van der Waals surface area (Å²) in [6.07, 6.45) is -1.02. The van der Waals surface area contributed by atoms with Gasteiger partial charge in [-0.15, -0.1) is 0 Å². The molecule has 1 atom stereocenters. The summed E-state index contributed by atoms with van der Waals surface area (Å²) in [7, 11) is -3.90. The quantitative estimate of drug-likeness (QED) is 0.472. The third kappa shape index (κ3) is 5.55. The monoisotopic (exact) mass is 514 g/mol. The standard InChI is InChI=1S/C26H27ClN2O5S/c1-17-4-9-21(10-5-17)35(31,32)29-16-25(34-24-14-18(2)6-11-23(24)29)26(30)28-12-13-33-20-8-7-19(3)22(27)15-20/h4-11,14-15,25H,12-13,16H2,1-3H3,(H,28,30)/t25-/m0/s1. The van der Waals surface area contributed by atoms with Gasteiger partial charge >= 0.3 is 0 Å². The molecule has 35 heavy (non-hydrogen) atoms. The highest BCUT2D eigenvalue weighted by atomic mass is 35.5. The van der Waals surface area contributed by atoms with Gasteiger partial charge in [0.2, 0.25) is 0 Å². The van der Waals surface area contributed by atoms with Crippen LogP contribution in [0.25, 0.3) is 0 Å². The molecule has 0 radical (unpaired) electrons. The highest BCUT2D eigenvalue weighted by Crippen LogP contribution is 2.37. The fourth-order valence-electron chi connectivity index (χ4n) is 3.68. The van der Waals surface area contributed by atoms with E-state index in [4.69, 9.17) is 21.1 Å². The van der Waals surface area contributed by atoms with E-state index in [-0.39, 0.29) is 24.6 Å². The van der Waals surface area contributed by atoms with Crippen LogP contribution in [0.3, 0.4) is 0 Å². The molecule has 0 unspecified atom stereocenters. The maximum absolute atomic E-state index is 13.5. The predicted molar refractivity (Wildman–Crippen MR) is 136 cm³/mol. The van der Waals surface area contributed by atoms with E-state index in [2.05, 4.69) is 5.32 Å². The third-order valence-corrected chi connectivity index (χ3v) is 7.90. The Balaban J connectivity index is 1.48. The molecule has 1 N–H and O–H groups in total. The fraction of sp³-hybridized carbons (Fsp3) is 0.269. The number of amides is 1. The Morgan fingerprint density at radius 3 is 2.49 bits per heavy atom. The number of halogens is 1. The van der Waals surface area contributed by atoms with Crippen LogP contribution in [0, 0.1) is 20.8 Å². The van der Waals surface area contributed by atoms with Crippen molar-refractivity contribution in [2.45, 2.75) is 31.8 Å². The summed E-state index contributed by atoms with van der Waals surface area (Å²) in [4.78, 5) is 13.1. The maximum atomic E-state index is 13.5. The molecule has 0 bridgehead atoms. The van der Waals surface area contributed by atoms with Crippen molar-refractivity contribution in [2.75, 3.05) is 24.0 Å². The largest absolute Gasteiger partial charge is 0.492 e. The summed E-state index contributed by atoms with van der Waals surface area (Å²) < 4.78 is 39.8. The number of aryl methyl sites for hydroxylation is 3. The molecule has 3 aromatic rings. The Kier molecular flexibility index (Phi) is 7.23. The molecule has 3 aromatic carbocycles. The molecular formula is C26H27ClN2O5S. The lowest BCUT2D eigenvalue weighted by Crippen LogP contribution is -2.51. The first kappa shape index (κ1) is 24.9. The van der Waals surface area contributed by atoms with Crippen molar-refractivity contribution in [1.29, 1.82) is 0 Å². The second-order valence-corrected chi connectivity index (χ2v) is 10.7. The average Bonchev–Trinajstić information content (AvgIpc) is 2.83. The van der Waals surface area contributed by atoms with Crippen LogP contribution in [0.5, 0.6) is 11.5 Å². The number of benzene rings is 3. The molecular weight excluding hydrogens is 488 g/mol. The van der Waals surface area contributed by atoms with E-state index in [1.165, 1.54) is 4.31 Å². The van der Waals surface area contributed by atoms with Crippen molar-refractivity contribution in [1.82, 2.24) is 5.32 Å². The number of hydrogen-bond acceptors (Lipinski definition) is 5. The van der Waals surface area contributed by atoms with Gasteiger partial charge in [0.1, 0.15) is 18.1 Å². The number of carbonyl (C=O) groups is 1. The van der Waals surface area contributed by atoms with E-state index in [0.717, 1.165) is 16.7 Å². The molecule has 0 aromatic heterocycles. The van der Waals surface area contributed by atoms with Crippen LogP contribution in [0.1, 0.15) is 16.7 Å². The number of sulfonamides is 1. The Bertz CT molecular complexity index is 1340. The van der Waals surface area contributed by atoms with Gasteiger partial charge in [-0.2, -0.15) is 0 Å². The lowest BCUT2D eigenvalue weighted by molar-refractivity contribution is -0.127. The summed E-state index contributed by atoms with van der Waals surface area (Å²) in [5.41, 5.74) is 3.19. The molecule has 7 nitrogen and oxygen atoms in total. The van der Waals surface area contributed by atoms with E-state index in [1.807, 2.05) is 32.9 Å². The van der Waals surface area contributed by atoms with Crippen molar-refractivity contribution in [3.05, 3.63) is 82.4 Å². The summed E-state index contributed by atoms with van der Waals surface area (Å²) in [6, 6.07) is 17.3. The van der Waals surface area contributed by atoms with Crippen molar-refractivity contribution in [2.24, 2.45) is 0 Å². The molecule has 9 heteroatoms. The molecule has 1 heterocycles. The minimum absolute atomic E-state index is 0.146. The van der Waals surface area contributed by atoms with E-state index in [0.29, 0.717) is 22.2 Å². The molecule has 0 saturated carbocycles. The maximum Gasteiger partial charge on any atom is 0.264 e. The molecule has 1 amide bonds. The number of hydrogen-bond donors (Lipinski definition) is 1. The van der Waals surface area contributed by atoms with E-state index in [1.54, 1.807) is 48.5 Å². The Morgan fingerprint density at radius 2 is 1.77 bits per heavy atom. The van der Waals surface area contributed by atoms with Crippen LogP contribution in [0.4, 0.5) is 5.69 Å². The topological polar surface area (TPSA) is 84.9 Å². The summed E-state index contributed by atoms with van der Waals surface area (Å²) >= 11 is 6.11. The smallest absolute Gasteiger partial charge is 0.264 e. The number of fused-ring (bicyclic) bond motifs is 1. The van der Waals surface area contributed by atoms with Gasteiger partial charge in [-0.05, 0) is 68.3 Å². The van der Waals surface area contributed by atoms with Gasteiger partial charge in [0.25, 0.3) is 15.9 Å². The number of nitrogens with one attached hydrogen (secondary N) is 1. The van der Waals surface area contributed by atoms with Crippen LogP contribution in [0.2, 0.25) is 5.02 Å². The molecule has 4 rings (SSSR count). The molecule has 0 fully saturated rings. The van der Waals surface area contributed by atoms with Gasteiger partial charge in [0.15, 0.2) is 6.10 Å².